The van der Waals surface area contributed by atoms with E-state index in [2.05, 4.69) is 51.2 Å². The molecule has 29 heavy (non-hydrogen) atoms. The fourth-order valence-electron chi connectivity index (χ4n) is 3.08. The second-order valence-corrected chi connectivity index (χ2v) is 7.67. The minimum absolute atomic E-state index is 0.0219. The van der Waals surface area contributed by atoms with Crippen LogP contribution in [0.5, 0.6) is 11.5 Å². The SMILES string of the molecule is CC(=O)c1ccc(OCC2=CC=CCC=C2)c(C/C=C(\C)CCC=C(C)C)c1O. The Morgan fingerprint density at radius 3 is 2.66 bits per heavy atom. The van der Waals surface area contributed by atoms with Crippen LogP contribution in [0.1, 0.15) is 62.9 Å². The number of phenolic OH excluding ortho intramolecular Hbond substituents is 1. The maximum atomic E-state index is 11.9. The molecule has 0 fully saturated rings. The van der Waals surface area contributed by atoms with Gasteiger partial charge in [0.05, 0.1) is 5.56 Å². The van der Waals surface area contributed by atoms with Crippen molar-refractivity contribution >= 4 is 5.78 Å². The van der Waals surface area contributed by atoms with Gasteiger partial charge >= 0.3 is 0 Å². The lowest BCUT2D eigenvalue weighted by Gasteiger charge is -2.15. The molecule has 0 radical (unpaired) electrons. The Morgan fingerprint density at radius 2 is 1.93 bits per heavy atom. The summed E-state index contributed by atoms with van der Waals surface area (Å²) in [6, 6.07) is 3.42. The minimum Gasteiger partial charge on any atom is -0.507 e. The van der Waals surface area contributed by atoms with Crippen LogP contribution in [0.2, 0.25) is 0 Å². The summed E-state index contributed by atoms with van der Waals surface area (Å²) in [5, 5.41) is 10.7. The van der Waals surface area contributed by atoms with Crippen molar-refractivity contribution in [2.75, 3.05) is 6.61 Å². The van der Waals surface area contributed by atoms with E-state index in [1.165, 1.54) is 18.1 Å². The van der Waals surface area contributed by atoms with Crippen molar-refractivity contribution in [2.45, 2.75) is 53.4 Å². The van der Waals surface area contributed by atoms with Gasteiger partial charge in [-0.2, -0.15) is 0 Å². The molecule has 1 aromatic rings. The molecule has 0 amide bonds. The zero-order chi connectivity index (χ0) is 21.2. The number of allylic oxidation sites excluding steroid dienone is 8. The smallest absolute Gasteiger partial charge is 0.163 e. The zero-order valence-electron chi connectivity index (χ0n) is 18.0. The second-order valence-electron chi connectivity index (χ2n) is 7.67. The second kappa shape index (κ2) is 11.3. The summed E-state index contributed by atoms with van der Waals surface area (Å²) in [5.74, 6) is 0.483. The average Bonchev–Trinajstić information content (AvgIpc) is 2.93. The van der Waals surface area contributed by atoms with Crippen LogP contribution in [0.15, 0.2) is 71.4 Å². The monoisotopic (exact) mass is 392 g/mol. The van der Waals surface area contributed by atoms with E-state index < -0.39 is 0 Å². The Bertz CT molecular complexity index is 875. The van der Waals surface area contributed by atoms with Crippen molar-refractivity contribution in [3.05, 3.63) is 82.5 Å². The minimum atomic E-state index is -0.154. The molecule has 0 atom stereocenters. The lowest BCUT2D eigenvalue weighted by molar-refractivity contribution is 0.101. The Hall–Kier alpha value is -2.81. The van der Waals surface area contributed by atoms with Gasteiger partial charge in [0, 0.05) is 5.56 Å². The van der Waals surface area contributed by atoms with Gasteiger partial charge in [-0.3, -0.25) is 4.79 Å². The zero-order valence-corrected chi connectivity index (χ0v) is 18.0. The van der Waals surface area contributed by atoms with Crippen LogP contribution in [0.3, 0.4) is 0 Å². The van der Waals surface area contributed by atoms with Gasteiger partial charge in [0.25, 0.3) is 0 Å². The van der Waals surface area contributed by atoms with Gasteiger partial charge in [-0.05, 0) is 71.1 Å². The quantitative estimate of drug-likeness (QED) is 0.378. The highest BCUT2D eigenvalue weighted by Crippen LogP contribution is 2.33. The van der Waals surface area contributed by atoms with Gasteiger partial charge in [0.15, 0.2) is 5.78 Å². The highest BCUT2D eigenvalue weighted by Gasteiger charge is 2.16. The highest BCUT2D eigenvalue weighted by molar-refractivity contribution is 5.97. The normalized spacial score (nSPS) is 13.7. The Labute approximate surface area is 174 Å². The van der Waals surface area contributed by atoms with E-state index in [1.54, 1.807) is 12.1 Å². The van der Waals surface area contributed by atoms with Crippen molar-refractivity contribution in [3.8, 4) is 11.5 Å². The van der Waals surface area contributed by atoms with E-state index in [0.29, 0.717) is 29.9 Å². The summed E-state index contributed by atoms with van der Waals surface area (Å²) in [7, 11) is 0. The third-order valence-electron chi connectivity index (χ3n) is 4.81. The van der Waals surface area contributed by atoms with Gasteiger partial charge in [-0.25, -0.2) is 0 Å². The van der Waals surface area contributed by atoms with Gasteiger partial charge < -0.3 is 9.84 Å². The van der Waals surface area contributed by atoms with Gasteiger partial charge in [-0.1, -0.05) is 53.7 Å². The van der Waals surface area contributed by atoms with Crippen molar-refractivity contribution in [2.24, 2.45) is 0 Å². The van der Waals surface area contributed by atoms with Crippen LogP contribution in [0.4, 0.5) is 0 Å². The third kappa shape index (κ3) is 7.26. The van der Waals surface area contributed by atoms with Gasteiger partial charge in [-0.15, -0.1) is 0 Å². The molecule has 1 aromatic carbocycles. The summed E-state index contributed by atoms with van der Waals surface area (Å²) in [6.07, 6.45) is 18.0. The average molecular weight is 393 g/mol. The number of Topliss-reactive ketones (excluding diaryl/α,β-unsaturated/α-hetero) is 1. The lowest BCUT2D eigenvalue weighted by Crippen LogP contribution is -2.04. The first-order valence-corrected chi connectivity index (χ1v) is 10.2. The standard InChI is InChI=1S/C26H32O3/c1-19(2)10-9-11-20(3)14-15-24-25(17-16-23(21(4)27)26(24)28)29-18-22-12-7-5-6-8-13-22/h5,7-8,10,12-14,16-17,28H,6,9,11,15,18H2,1-4H3/b20-14+. The summed E-state index contributed by atoms with van der Waals surface area (Å²) in [4.78, 5) is 11.9. The molecule has 154 valence electrons. The van der Waals surface area contributed by atoms with Crippen LogP contribution in [-0.4, -0.2) is 17.5 Å². The highest BCUT2D eigenvalue weighted by atomic mass is 16.5. The Kier molecular flexibility index (Phi) is 8.72. The predicted molar refractivity (Wildman–Crippen MR) is 121 cm³/mol. The number of ether oxygens (including phenoxy) is 1. The summed E-state index contributed by atoms with van der Waals surface area (Å²) < 4.78 is 6.03. The van der Waals surface area contributed by atoms with E-state index in [9.17, 15) is 9.90 Å². The first kappa shape index (κ1) is 22.5. The summed E-state index contributed by atoms with van der Waals surface area (Å²) in [5.41, 5.74) is 4.62. The molecule has 1 aliphatic rings. The Balaban J connectivity index is 2.21. The predicted octanol–water partition coefficient (Wildman–Crippen LogP) is 6.65. The van der Waals surface area contributed by atoms with Crippen LogP contribution < -0.4 is 4.74 Å². The third-order valence-corrected chi connectivity index (χ3v) is 4.81. The number of carbonyl (C=O) groups excluding carboxylic acids is 1. The number of ketones is 1. The number of carbonyl (C=O) groups is 1. The molecule has 0 unspecified atom stereocenters. The number of aromatic hydroxyl groups is 1. The number of hydrogen-bond acceptors (Lipinski definition) is 3. The van der Waals surface area contributed by atoms with E-state index in [1.807, 2.05) is 12.2 Å². The van der Waals surface area contributed by atoms with Gasteiger partial charge in [0.1, 0.15) is 18.1 Å². The maximum Gasteiger partial charge on any atom is 0.163 e. The van der Waals surface area contributed by atoms with E-state index in [0.717, 1.165) is 24.8 Å². The summed E-state index contributed by atoms with van der Waals surface area (Å²) >= 11 is 0. The number of hydrogen-bond donors (Lipinski definition) is 1. The first-order valence-electron chi connectivity index (χ1n) is 10.2. The number of benzene rings is 1. The Morgan fingerprint density at radius 1 is 1.14 bits per heavy atom. The van der Waals surface area contributed by atoms with E-state index in [4.69, 9.17) is 4.74 Å². The molecule has 0 saturated heterocycles. The van der Waals surface area contributed by atoms with Gasteiger partial charge in [0.2, 0.25) is 0 Å². The molecular weight excluding hydrogens is 360 g/mol. The fourth-order valence-corrected chi connectivity index (χ4v) is 3.08. The molecule has 1 aliphatic carbocycles. The fraction of sp³-hybridized carbons (Fsp3) is 0.346. The maximum absolute atomic E-state index is 11.9. The number of phenols is 1. The van der Waals surface area contributed by atoms with Crippen LogP contribution >= 0.6 is 0 Å². The van der Waals surface area contributed by atoms with E-state index in [-0.39, 0.29) is 11.5 Å². The van der Waals surface area contributed by atoms with Crippen molar-refractivity contribution in [1.82, 2.24) is 0 Å². The molecule has 0 saturated carbocycles. The lowest BCUT2D eigenvalue weighted by atomic mass is 10.0. The van der Waals surface area contributed by atoms with Crippen LogP contribution in [-0.2, 0) is 6.42 Å². The molecule has 0 aliphatic heterocycles. The van der Waals surface area contributed by atoms with Crippen molar-refractivity contribution < 1.29 is 14.6 Å². The molecule has 0 heterocycles. The van der Waals surface area contributed by atoms with Crippen LogP contribution in [0.25, 0.3) is 0 Å². The molecule has 0 aromatic heterocycles. The first-order chi connectivity index (χ1) is 13.9. The molecular formula is C26H32O3. The van der Waals surface area contributed by atoms with Crippen LogP contribution in [0, 0.1) is 0 Å². The number of rotatable bonds is 9. The molecule has 0 spiro atoms. The summed E-state index contributed by atoms with van der Waals surface area (Å²) in [6.45, 7) is 8.17. The molecule has 0 bridgehead atoms. The molecule has 1 N–H and O–H groups in total. The van der Waals surface area contributed by atoms with Crippen molar-refractivity contribution in [1.29, 1.82) is 0 Å². The van der Waals surface area contributed by atoms with Crippen molar-refractivity contribution in [3.63, 3.8) is 0 Å². The molecule has 2 rings (SSSR count). The molecule has 3 nitrogen and oxygen atoms in total. The largest absolute Gasteiger partial charge is 0.507 e. The molecule has 3 heteroatoms. The van der Waals surface area contributed by atoms with E-state index >= 15 is 0 Å². The topological polar surface area (TPSA) is 46.5 Å².